The number of anilines is 2. The molecule has 0 spiro atoms. The average Bonchev–Trinajstić information content (AvgIpc) is 3.19. The lowest BCUT2D eigenvalue weighted by Crippen LogP contribution is -2.26. The first-order valence-electron chi connectivity index (χ1n) is 8.42. The molecule has 2 aromatic rings. The first-order valence-corrected chi connectivity index (χ1v) is 9.97. The van der Waals surface area contributed by atoms with E-state index >= 15 is 0 Å². The molecular formula is C18H20N2O3S. The lowest BCUT2D eigenvalue weighted by Gasteiger charge is -2.17. The Morgan fingerprint density at radius 2 is 1.92 bits per heavy atom. The van der Waals surface area contributed by atoms with Crippen LogP contribution < -0.4 is 9.62 Å². The summed E-state index contributed by atoms with van der Waals surface area (Å²) in [5, 5.41) is 1.32. The van der Waals surface area contributed by atoms with Crippen molar-refractivity contribution in [2.45, 2.75) is 37.9 Å². The van der Waals surface area contributed by atoms with Crippen LogP contribution in [0.15, 0.2) is 30.3 Å². The number of nitrogens with zero attached hydrogens (tertiary/aromatic N) is 1. The molecule has 1 aliphatic heterocycles. The summed E-state index contributed by atoms with van der Waals surface area (Å²) in [5.74, 6) is -0.0195. The molecule has 1 saturated carbocycles. The fourth-order valence-electron chi connectivity index (χ4n) is 3.88. The standard InChI is InChI=1S/C18H20N2O3S/c1-2-20-16-11-10-15(19-24(22,23)12-6-3-4-7-12)13-8-5-9-14(17(13)16)18(20)21/h5,8-12,19H,2-4,6-7H2,1H3. The number of rotatable bonds is 4. The maximum atomic E-state index is 12.6. The molecule has 0 aromatic heterocycles. The van der Waals surface area contributed by atoms with E-state index in [4.69, 9.17) is 0 Å². The van der Waals surface area contributed by atoms with Crippen LogP contribution in [0.3, 0.4) is 0 Å². The number of amides is 1. The molecule has 24 heavy (non-hydrogen) atoms. The van der Waals surface area contributed by atoms with Crippen molar-refractivity contribution >= 4 is 38.1 Å². The highest BCUT2D eigenvalue weighted by atomic mass is 32.2. The van der Waals surface area contributed by atoms with Gasteiger partial charge >= 0.3 is 0 Å². The van der Waals surface area contributed by atoms with Crippen molar-refractivity contribution < 1.29 is 13.2 Å². The van der Waals surface area contributed by atoms with Crippen molar-refractivity contribution in [2.75, 3.05) is 16.2 Å². The fourth-order valence-corrected chi connectivity index (χ4v) is 5.49. The molecule has 2 aromatic carbocycles. The second-order valence-corrected chi connectivity index (χ2v) is 8.42. The molecule has 0 bridgehead atoms. The molecule has 1 amide bonds. The van der Waals surface area contributed by atoms with E-state index in [0.717, 1.165) is 42.1 Å². The van der Waals surface area contributed by atoms with E-state index in [-0.39, 0.29) is 11.2 Å². The van der Waals surface area contributed by atoms with Gasteiger partial charge in [-0.05, 0) is 38.0 Å². The van der Waals surface area contributed by atoms with Crippen molar-refractivity contribution in [2.24, 2.45) is 0 Å². The Labute approximate surface area is 141 Å². The average molecular weight is 344 g/mol. The van der Waals surface area contributed by atoms with Crippen LogP contribution in [0.2, 0.25) is 0 Å². The summed E-state index contributed by atoms with van der Waals surface area (Å²) in [6, 6.07) is 9.11. The first-order chi connectivity index (χ1) is 11.5. The molecule has 0 radical (unpaired) electrons. The van der Waals surface area contributed by atoms with Crippen LogP contribution in [0.5, 0.6) is 0 Å². The fraction of sp³-hybridized carbons (Fsp3) is 0.389. The van der Waals surface area contributed by atoms with E-state index in [1.165, 1.54) is 0 Å². The van der Waals surface area contributed by atoms with Crippen molar-refractivity contribution in [3.05, 3.63) is 35.9 Å². The van der Waals surface area contributed by atoms with Gasteiger partial charge < -0.3 is 4.90 Å². The Bertz CT molecular complexity index is 931. The van der Waals surface area contributed by atoms with Gasteiger partial charge in [0.25, 0.3) is 5.91 Å². The largest absolute Gasteiger partial charge is 0.308 e. The number of carbonyl (C=O) groups is 1. The van der Waals surface area contributed by atoms with Crippen LogP contribution in [0.25, 0.3) is 10.8 Å². The molecule has 0 saturated heterocycles. The van der Waals surface area contributed by atoms with Gasteiger partial charge in [-0.25, -0.2) is 8.42 Å². The molecule has 126 valence electrons. The highest BCUT2D eigenvalue weighted by molar-refractivity contribution is 7.93. The van der Waals surface area contributed by atoms with Gasteiger partial charge in [-0.1, -0.05) is 25.0 Å². The lowest BCUT2D eigenvalue weighted by molar-refractivity contribution is 0.0994. The zero-order chi connectivity index (χ0) is 16.9. The molecule has 0 unspecified atom stereocenters. The minimum absolute atomic E-state index is 0.0195. The van der Waals surface area contributed by atoms with E-state index in [9.17, 15) is 13.2 Å². The summed E-state index contributed by atoms with van der Waals surface area (Å²) in [6.45, 7) is 2.53. The summed E-state index contributed by atoms with van der Waals surface area (Å²) in [7, 11) is -3.39. The molecule has 1 heterocycles. The van der Waals surface area contributed by atoms with Gasteiger partial charge in [0, 0.05) is 22.9 Å². The molecule has 5 nitrogen and oxygen atoms in total. The molecular weight excluding hydrogens is 324 g/mol. The van der Waals surface area contributed by atoms with E-state index in [1.807, 2.05) is 25.1 Å². The highest BCUT2D eigenvalue weighted by Crippen LogP contribution is 2.41. The molecule has 4 rings (SSSR count). The second-order valence-electron chi connectivity index (χ2n) is 6.46. The third-order valence-corrected chi connectivity index (χ3v) is 6.95. The number of sulfonamides is 1. The number of nitrogens with one attached hydrogen (secondary N) is 1. The normalized spacial score (nSPS) is 17.9. The number of hydrogen-bond donors (Lipinski definition) is 1. The Morgan fingerprint density at radius 3 is 2.62 bits per heavy atom. The van der Waals surface area contributed by atoms with Gasteiger partial charge in [0.2, 0.25) is 10.0 Å². The van der Waals surface area contributed by atoms with Crippen LogP contribution in [0, 0.1) is 0 Å². The van der Waals surface area contributed by atoms with Crippen molar-refractivity contribution in [3.63, 3.8) is 0 Å². The van der Waals surface area contributed by atoms with Crippen molar-refractivity contribution in [3.8, 4) is 0 Å². The number of benzene rings is 2. The molecule has 1 N–H and O–H groups in total. The minimum atomic E-state index is -3.39. The Morgan fingerprint density at radius 1 is 1.17 bits per heavy atom. The maximum Gasteiger partial charge on any atom is 0.258 e. The lowest BCUT2D eigenvalue weighted by atomic mass is 10.0. The maximum absolute atomic E-state index is 12.6. The smallest absolute Gasteiger partial charge is 0.258 e. The van der Waals surface area contributed by atoms with Gasteiger partial charge in [0.15, 0.2) is 0 Å². The van der Waals surface area contributed by atoms with Gasteiger partial charge in [-0.2, -0.15) is 0 Å². The van der Waals surface area contributed by atoms with Gasteiger partial charge in [0.1, 0.15) is 0 Å². The molecule has 6 heteroatoms. The third kappa shape index (κ3) is 2.20. The van der Waals surface area contributed by atoms with Gasteiger partial charge in [-0.3, -0.25) is 9.52 Å². The summed E-state index contributed by atoms with van der Waals surface area (Å²) in [4.78, 5) is 14.2. The Balaban J connectivity index is 1.82. The molecule has 2 aliphatic rings. The van der Waals surface area contributed by atoms with E-state index in [0.29, 0.717) is 17.8 Å². The minimum Gasteiger partial charge on any atom is -0.308 e. The quantitative estimate of drug-likeness (QED) is 0.923. The molecule has 1 fully saturated rings. The topological polar surface area (TPSA) is 66.5 Å². The number of carbonyl (C=O) groups excluding carboxylic acids is 1. The summed E-state index contributed by atoms with van der Waals surface area (Å²) in [5.41, 5.74) is 2.07. The molecule has 1 aliphatic carbocycles. The summed E-state index contributed by atoms with van der Waals surface area (Å²) in [6.07, 6.45) is 3.38. The summed E-state index contributed by atoms with van der Waals surface area (Å²) >= 11 is 0. The second kappa shape index (κ2) is 5.48. The zero-order valence-corrected chi connectivity index (χ0v) is 14.4. The van der Waals surface area contributed by atoms with Crippen LogP contribution in [0.1, 0.15) is 43.0 Å². The Hall–Kier alpha value is -2.08. The first kappa shape index (κ1) is 15.4. The van der Waals surface area contributed by atoms with Crippen molar-refractivity contribution in [1.29, 1.82) is 0 Å². The van der Waals surface area contributed by atoms with Crippen LogP contribution in [-0.4, -0.2) is 26.1 Å². The summed E-state index contributed by atoms with van der Waals surface area (Å²) < 4.78 is 28.0. The zero-order valence-electron chi connectivity index (χ0n) is 13.6. The van der Waals surface area contributed by atoms with E-state index in [1.54, 1.807) is 17.0 Å². The van der Waals surface area contributed by atoms with Crippen molar-refractivity contribution in [1.82, 2.24) is 0 Å². The van der Waals surface area contributed by atoms with E-state index < -0.39 is 10.0 Å². The monoisotopic (exact) mass is 344 g/mol. The van der Waals surface area contributed by atoms with Crippen LogP contribution in [-0.2, 0) is 10.0 Å². The number of hydrogen-bond acceptors (Lipinski definition) is 3. The van der Waals surface area contributed by atoms with Gasteiger partial charge in [-0.15, -0.1) is 0 Å². The highest BCUT2D eigenvalue weighted by Gasteiger charge is 2.32. The SMILES string of the molecule is CCN1C(=O)c2cccc3c(NS(=O)(=O)C4CCCC4)ccc1c23. The van der Waals surface area contributed by atoms with E-state index in [2.05, 4.69) is 4.72 Å². The molecule has 0 atom stereocenters. The predicted octanol–water partition coefficient (Wildman–Crippen LogP) is 3.50. The predicted molar refractivity (Wildman–Crippen MR) is 96.1 cm³/mol. The third-order valence-electron chi connectivity index (χ3n) is 5.09. The van der Waals surface area contributed by atoms with Crippen LogP contribution in [0.4, 0.5) is 11.4 Å². The van der Waals surface area contributed by atoms with Crippen LogP contribution >= 0.6 is 0 Å². The Kier molecular flexibility index (Phi) is 3.53. The van der Waals surface area contributed by atoms with Gasteiger partial charge in [0.05, 0.1) is 16.6 Å².